The van der Waals surface area contributed by atoms with Crippen LogP contribution < -0.4 is 10.1 Å². The van der Waals surface area contributed by atoms with Crippen LogP contribution in [0.1, 0.15) is 29.8 Å². The molecule has 0 amide bonds. The number of benzene rings is 3. The molecule has 4 rings (SSSR count). The number of esters is 1. The van der Waals surface area contributed by atoms with Crippen LogP contribution in [0, 0.1) is 10.1 Å². The minimum Gasteiger partial charge on any atom is -0.497 e. The van der Waals surface area contributed by atoms with Gasteiger partial charge < -0.3 is 14.8 Å². The fraction of sp³-hybridized carbons (Fsp3) is 0.185. The third-order valence-electron chi connectivity index (χ3n) is 5.59. The van der Waals surface area contributed by atoms with E-state index in [1.54, 1.807) is 38.4 Å². The van der Waals surface area contributed by atoms with Crippen molar-refractivity contribution in [3.8, 4) is 5.75 Å². The van der Waals surface area contributed by atoms with E-state index in [-0.39, 0.29) is 18.7 Å². The Labute approximate surface area is 212 Å². The first-order chi connectivity index (χ1) is 17.5. The number of fused-ring (bicyclic) bond motifs is 1. The molecule has 0 aliphatic rings. The van der Waals surface area contributed by atoms with Crippen molar-refractivity contribution in [1.82, 2.24) is 4.98 Å². The van der Waals surface area contributed by atoms with Crippen LogP contribution in [0.3, 0.4) is 0 Å². The fourth-order valence-corrected chi connectivity index (χ4v) is 4.91. The normalized spacial score (nSPS) is 12.2. The van der Waals surface area contributed by atoms with E-state index in [2.05, 4.69) is 5.32 Å². The lowest BCUT2D eigenvalue weighted by Crippen LogP contribution is -2.14. The molecular weight excluding hydrogens is 478 g/mol. The lowest BCUT2D eigenvalue weighted by molar-refractivity contribution is -0.385. The van der Waals surface area contributed by atoms with Gasteiger partial charge in [0, 0.05) is 35.0 Å². The number of carbonyl (C=O) groups is 1. The molecule has 3 aromatic carbocycles. The van der Waals surface area contributed by atoms with Crippen LogP contribution in [-0.2, 0) is 9.53 Å². The molecular formula is C27H25N3O5S. The Morgan fingerprint density at radius 1 is 1.11 bits per heavy atom. The summed E-state index contributed by atoms with van der Waals surface area (Å²) in [6.45, 7) is 1.94. The number of aromatic nitrogens is 1. The van der Waals surface area contributed by atoms with Gasteiger partial charge in [-0.15, -0.1) is 11.3 Å². The summed E-state index contributed by atoms with van der Waals surface area (Å²) >= 11 is 1.46. The number of thiazole rings is 1. The van der Waals surface area contributed by atoms with Crippen LogP contribution in [0.5, 0.6) is 5.75 Å². The molecule has 1 aromatic heterocycles. The quantitative estimate of drug-likeness (QED) is 0.152. The van der Waals surface area contributed by atoms with Gasteiger partial charge in [0.15, 0.2) is 0 Å². The van der Waals surface area contributed by atoms with Gasteiger partial charge in [0.2, 0.25) is 0 Å². The van der Waals surface area contributed by atoms with Crippen LogP contribution in [0.15, 0.2) is 79.0 Å². The monoisotopic (exact) mass is 503 g/mol. The number of anilines is 1. The van der Waals surface area contributed by atoms with Crippen LogP contribution in [0.4, 0.5) is 11.4 Å². The van der Waals surface area contributed by atoms with E-state index < -0.39 is 16.8 Å². The van der Waals surface area contributed by atoms with Gasteiger partial charge >= 0.3 is 5.97 Å². The summed E-state index contributed by atoms with van der Waals surface area (Å²) in [5, 5.41) is 15.8. The van der Waals surface area contributed by atoms with E-state index in [0.29, 0.717) is 16.1 Å². The molecule has 1 unspecified atom stereocenters. The number of nitrogens with one attached hydrogen (secondary N) is 1. The number of nitrogens with zero attached hydrogens (tertiary/aromatic N) is 2. The first-order valence-corrected chi connectivity index (χ1v) is 12.2. The van der Waals surface area contributed by atoms with Gasteiger partial charge in [0.25, 0.3) is 5.69 Å². The van der Waals surface area contributed by atoms with E-state index in [4.69, 9.17) is 14.5 Å². The van der Waals surface area contributed by atoms with E-state index in [1.807, 2.05) is 48.5 Å². The maximum Gasteiger partial charge on any atom is 0.306 e. The topological polar surface area (TPSA) is 104 Å². The standard InChI is InChI=1S/C27H25N3O5S/c1-3-35-26(31)16-21(20-8-4-6-10-24(20)30(32)33)22(17-28-18-12-14-19(34-2)15-13-18)27-29-23-9-5-7-11-25(23)36-27/h4-15,17,21,28H,3,16H2,1-2H3/b22-17-. The molecule has 1 N–H and O–H groups in total. The average Bonchev–Trinajstić information content (AvgIpc) is 3.32. The van der Waals surface area contributed by atoms with Crippen molar-refractivity contribution >= 4 is 44.5 Å². The third kappa shape index (κ3) is 5.69. The number of hydrogen-bond acceptors (Lipinski definition) is 8. The molecule has 8 nitrogen and oxygen atoms in total. The molecule has 0 saturated carbocycles. The zero-order chi connectivity index (χ0) is 25.5. The number of methoxy groups -OCH3 is 1. The van der Waals surface area contributed by atoms with Gasteiger partial charge in [-0.3, -0.25) is 14.9 Å². The summed E-state index contributed by atoms with van der Waals surface area (Å²) in [4.78, 5) is 29.0. The first kappa shape index (κ1) is 24.9. The molecule has 0 aliphatic heterocycles. The number of nitro benzene ring substituents is 1. The number of allylic oxidation sites excluding steroid dienone is 1. The summed E-state index contributed by atoms with van der Waals surface area (Å²) in [7, 11) is 1.60. The van der Waals surface area contributed by atoms with Crippen molar-refractivity contribution in [3.05, 3.63) is 99.7 Å². The van der Waals surface area contributed by atoms with E-state index in [9.17, 15) is 14.9 Å². The Kier molecular flexibility index (Phi) is 7.92. The summed E-state index contributed by atoms with van der Waals surface area (Å²) in [6, 6.07) is 21.5. The lowest BCUT2D eigenvalue weighted by atomic mass is 9.87. The second kappa shape index (κ2) is 11.5. The SMILES string of the molecule is CCOC(=O)CC(/C(=C/Nc1ccc(OC)cc1)c1nc2ccccc2s1)c1ccccc1[N+](=O)[O-]. The van der Waals surface area contributed by atoms with Crippen molar-refractivity contribution in [2.24, 2.45) is 0 Å². The smallest absolute Gasteiger partial charge is 0.306 e. The lowest BCUT2D eigenvalue weighted by Gasteiger charge is -2.19. The second-order valence-electron chi connectivity index (χ2n) is 7.84. The van der Waals surface area contributed by atoms with Crippen LogP contribution in [-0.4, -0.2) is 29.6 Å². The van der Waals surface area contributed by atoms with Crippen molar-refractivity contribution in [1.29, 1.82) is 0 Å². The van der Waals surface area contributed by atoms with Crippen LogP contribution >= 0.6 is 11.3 Å². The molecule has 9 heteroatoms. The number of hydrogen-bond donors (Lipinski definition) is 1. The van der Waals surface area contributed by atoms with Gasteiger partial charge in [-0.1, -0.05) is 30.3 Å². The molecule has 184 valence electrons. The zero-order valence-corrected chi connectivity index (χ0v) is 20.7. The molecule has 0 saturated heterocycles. The first-order valence-electron chi connectivity index (χ1n) is 11.4. The van der Waals surface area contributed by atoms with Gasteiger partial charge in [-0.25, -0.2) is 4.98 Å². The van der Waals surface area contributed by atoms with Crippen molar-refractivity contribution in [2.75, 3.05) is 19.0 Å². The average molecular weight is 504 g/mol. The zero-order valence-electron chi connectivity index (χ0n) is 19.8. The minimum absolute atomic E-state index is 0.0664. The highest BCUT2D eigenvalue weighted by Gasteiger charge is 2.30. The number of rotatable bonds is 10. The largest absolute Gasteiger partial charge is 0.497 e. The van der Waals surface area contributed by atoms with Crippen molar-refractivity contribution < 1.29 is 19.2 Å². The minimum atomic E-state index is -0.669. The number of para-hydroxylation sites is 2. The highest BCUT2D eigenvalue weighted by atomic mass is 32.1. The Bertz CT molecular complexity index is 1370. The van der Waals surface area contributed by atoms with Gasteiger partial charge in [-0.05, 0) is 43.3 Å². The fourth-order valence-electron chi connectivity index (χ4n) is 3.88. The summed E-state index contributed by atoms with van der Waals surface area (Å²) in [5.41, 5.74) is 2.59. The molecule has 0 radical (unpaired) electrons. The molecule has 36 heavy (non-hydrogen) atoms. The van der Waals surface area contributed by atoms with Gasteiger partial charge in [0.1, 0.15) is 10.8 Å². The molecule has 0 fully saturated rings. The number of ether oxygens (including phenoxy) is 2. The number of carbonyl (C=O) groups excluding carboxylic acids is 1. The maximum atomic E-state index is 12.7. The third-order valence-corrected chi connectivity index (χ3v) is 6.67. The Hall–Kier alpha value is -4.24. The van der Waals surface area contributed by atoms with Crippen molar-refractivity contribution in [2.45, 2.75) is 19.3 Å². The van der Waals surface area contributed by atoms with Crippen molar-refractivity contribution in [3.63, 3.8) is 0 Å². The highest BCUT2D eigenvalue weighted by molar-refractivity contribution is 7.19. The van der Waals surface area contributed by atoms with Crippen LogP contribution in [0.2, 0.25) is 0 Å². The predicted molar refractivity (Wildman–Crippen MR) is 141 cm³/mol. The molecule has 0 spiro atoms. The predicted octanol–water partition coefficient (Wildman–Crippen LogP) is 6.40. The van der Waals surface area contributed by atoms with Crippen LogP contribution in [0.25, 0.3) is 15.8 Å². The number of nitro groups is 1. The van der Waals surface area contributed by atoms with E-state index in [1.165, 1.54) is 17.4 Å². The Morgan fingerprint density at radius 2 is 1.83 bits per heavy atom. The highest BCUT2D eigenvalue weighted by Crippen LogP contribution is 2.41. The molecule has 0 aliphatic carbocycles. The molecule has 0 bridgehead atoms. The Morgan fingerprint density at radius 3 is 2.53 bits per heavy atom. The molecule has 4 aromatic rings. The second-order valence-corrected chi connectivity index (χ2v) is 8.87. The summed E-state index contributed by atoms with van der Waals surface area (Å²) in [5.74, 6) is -0.398. The summed E-state index contributed by atoms with van der Waals surface area (Å²) < 4.78 is 11.4. The Balaban J connectivity index is 1.86. The van der Waals surface area contributed by atoms with Gasteiger partial charge in [0.05, 0.1) is 35.3 Å². The maximum absolute atomic E-state index is 12.7. The van der Waals surface area contributed by atoms with E-state index >= 15 is 0 Å². The molecule has 1 atom stereocenters. The van der Waals surface area contributed by atoms with E-state index in [0.717, 1.165) is 21.7 Å². The summed E-state index contributed by atoms with van der Waals surface area (Å²) in [6.07, 6.45) is 1.69. The molecule has 1 heterocycles. The van der Waals surface area contributed by atoms with Gasteiger partial charge in [-0.2, -0.15) is 0 Å².